The molecular formula is C22H19Br2N3O2. The fraction of sp³-hybridized carbons (Fsp3) is 0.0909. The summed E-state index contributed by atoms with van der Waals surface area (Å²) in [7, 11) is 0. The van der Waals surface area contributed by atoms with Gasteiger partial charge in [-0.05, 0) is 71.8 Å². The Morgan fingerprint density at radius 2 is 1.52 bits per heavy atom. The standard InChI is InChI=1S/C22H19Br2N3O2/c23-18-5-1-17(2-6-18)15-29-21-11-3-16(4-12-21)13-26-27-22(28)14-25-20-9-7-19(24)8-10-20/h1-13,25H,14-15H2,(H,27,28)/b26-13-. The number of nitrogens with zero attached hydrogens (tertiary/aromatic N) is 1. The maximum absolute atomic E-state index is 11.8. The second-order valence-corrected chi connectivity index (χ2v) is 7.97. The molecule has 3 rings (SSSR count). The van der Waals surface area contributed by atoms with Crippen LogP contribution in [0.3, 0.4) is 0 Å². The van der Waals surface area contributed by atoms with Gasteiger partial charge in [-0.25, -0.2) is 5.43 Å². The first-order chi connectivity index (χ1) is 14.1. The van der Waals surface area contributed by atoms with Gasteiger partial charge in [-0.1, -0.05) is 44.0 Å². The fourth-order valence-electron chi connectivity index (χ4n) is 2.37. The number of anilines is 1. The molecule has 3 aromatic rings. The van der Waals surface area contributed by atoms with Crippen LogP contribution in [0.1, 0.15) is 11.1 Å². The molecule has 0 heterocycles. The molecule has 0 aliphatic carbocycles. The molecule has 0 unspecified atom stereocenters. The van der Waals surface area contributed by atoms with Crippen LogP contribution >= 0.6 is 31.9 Å². The van der Waals surface area contributed by atoms with E-state index >= 15 is 0 Å². The maximum atomic E-state index is 11.8. The van der Waals surface area contributed by atoms with E-state index in [4.69, 9.17) is 4.74 Å². The number of ether oxygens (including phenoxy) is 1. The van der Waals surface area contributed by atoms with E-state index in [1.165, 1.54) is 0 Å². The van der Waals surface area contributed by atoms with Gasteiger partial charge in [-0.3, -0.25) is 4.79 Å². The zero-order valence-corrected chi connectivity index (χ0v) is 18.6. The summed E-state index contributed by atoms with van der Waals surface area (Å²) in [6, 6.07) is 23.1. The minimum atomic E-state index is -0.223. The Balaban J connectivity index is 1.41. The predicted octanol–water partition coefficient (Wildman–Crippen LogP) is 5.35. The van der Waals surface area contributed by atoms with Crippen LogP contribution < -0.4 is 15.5 Å². The third kappa shape index (κ3) is 7.36. The molecule has 3 aromatic carbocycles. The van der Waals surface area contributed by atoms with Crippen molar-refractivity contribution in [2.24, 2.45) is 5.10 Å². The average molecular weight is 517 g/mol. The Labute approximate surface area is 186 Å². The minimum absolute atomic E-state index is 0.141. The molecular weight excluding hydrogens is 498 g/mol. The molecule has 0 bridgehead atoms. The number of carbonyl (C=O) groups is 1. The zero-order valence-electron chi connectivity index (χ0n) is 15.4. The van der Waals surface area contributed by atoms with Crippen molar-refractivity contribution >= 4 is 49.7 Å². The average Bonchev–Trinajstić information content (AvgIpc) is 2.74. The molecule has 29 heavy (non-hydrogen) atoms. The Hall–Kier alpha value is -2.64. The van der Waals surface area contributed by atoms with E-state index in [0.29, 0.717) is 6.61 Å². The predicted molar refractivity (Wildman–Crippen MR) is 123 cm³/mol. The molecule has 0 aromatic heterocycles. The number of rotatable bonds is 8. The van der Waals surface area contributed by atoms with Crippen LogP contribution in [0.5, 0.6) is 5.75 Å². The maximum Gasteiger partial charge on any atom is 0.259 e. The number of benzene rings is 3. The molecule has 2 N–H and O–H groups in total. The lowest BCUT2D eigenvalue weighted by Crippen LogP contribution is -2.25. The van der Waals surface area contributed by atoms with E-state index in [1.54, 1.807) is 6.21 Å². The Bertz CT molecular complexity index is 957. The van der Waals surface area contributed by atoms with Crippen molar-refractivity contribution in [3.63, 3.8) is 0 Å². The van der Waals surface area contributed by atoms with Crippen LogP contribution in [0.4, 0.5) is 5.69 Å². The van der Waals surface area contributed by atoms with Crippen molar-refractivity contribution in [1.82, 2.24) is 5.43 Å². The molecule has 7 heteroatoms. The molecule has 0 spiro atoms. The van der Waals surface area contributed by atoms with Crippen molar-refractivity contribution < 1.29 is 9.53 Å². The van der Waals surface area contributed by atoms with E-state index in [0.717, 1.165) is 31.5 Å². The quantitative estimate of drug-likeness (QED) is 0.313. The van der Waals surface area contributed by atoms with E-state index in [-0.39, 0.29) is 12.5 Å². The monoisotopic (exact) mass is 515 g/mol. The Kier molecular flexibility index (Phi) is 7.84. The molecule has 1 amide bonds. The molecule has 5 nitrogen and oxygen atoms in total. The Morgan fingerprint density at radius 1 is 0.897 bits per heavy atom. The lowest BCUT2D eigenvalue weighted by atomic mass is 10.2. The summed E-state index contributed by atoms with van der Waals surface area (Å²) in [4.78, 5) is 11.8. The second-order valence-electron chi connectivity index (χ2n) is 6.14. The first-order valence-electron chi connectivity index (χ1n) is 8.87. The van der Waals surface area contributed by atoms with E-state index in [2.05, 4.69) is 47.7 Å². The lowest BCUT2D eigenvalue weighted by molar-refractivity contribution is -0.119. The zero-order chi connectivity index (χ0) is 20.5. The van der Waals surface area contributed by atoms with E-state index in [1.807, 2.05) is 72.8 Å². The lowest BCUT2D eigenvalue weighted by Gasteiger charge is -2.07. The summed E-state index contributed by atoms with van der Waals surface area (Å²) < 4.78 is 7.80. The number of hydrazone groups is 1. The van der Waals surface area contributed by atoms with Gasteiger partial charge in [0, 0.05) is 14.6 Å². The normalized spacial score (nSPS) is 10.7. The topological polar surface area (TPSA) is 62.7 Å². The van der Waals surface area contributed by atoms with Gasteiger partial charge in [0.15, 0.2) is 0 Å². The summed E-state index contributed by atoms with van der Waals surface area (Å²) in [5.41, 5.74) is 5.33. The van der Waals surface area contributed by atoms with Gasteiger partial charge in [-0.2, -0.15) is 5.10 Å². The van der Waals surface area contributed by atoms with Crippen LogP contribution in [0.25, 0.3) is 0 Å². The van der Waals surface area contributed by atoms with Crippen LogP contribution in [0, 0.1) is 0 Å². The minimum Gasteiger partial charge on any atom is -0.489 e. The molecule has 0 fully saturated rings. The first kappa shape index (κ1) is 21.1. The molecule has 148 valence electrons. The number of hydrogen-bond donors (Lipinski definition) is 2. The number of hydrogen-bond acceptors (Lipinski definition) is 4. The van der Waals surface area contributed by atoms with Crippen molar-refractivity contribution in [3.05, 3.63) is 92.9 Å². The van der Waals surface area contributed by atoms with Crippen LogP contribution in [0.15, 0.2) is 86.8 Å². The van der Waals surface area contributed by atoms with Gasteiger partial charge in [0.1, 0.15) is 12.4 Å². The highest BCUT2D eigenvalue weighted by Crippen LogP contribution is 2.16. The third-order valence-electron chi connectivity index (χ3n) is 3.90. The Morgan fingerprint density at radius 3 is 2.17 bits per heavy atom. The van der Waals surface area contributed by atoms with Gasteiger partial charge >= 0.3 is 0 Å². The van der Waals surface area contributed by atoms with Crippen LogP contribution in [-0.4, -0.2) is 18.7 Å². The highest BCUT2D eigenvalue weighted by atomic mass is 79.9. The molecule has 0 radical (unpaired) electrons. The number of carbonyl (C=O) groups excluding carboxylic acids is 1. The van der Waals surface area contributed by atoms with Gasteiger partial charge in [-0.15, -0.1) is 0 Å². The van der Waals surface area contributed by atoms with Crippen LogP contribution in [-0.2, 0) is 11.4 Å². The molecule has 0 atom stereocenters. The summed E-state index contributed by atoms with van der Waals surface area (Å²) in [5.74, 6) is 0.548. The smallest absolute Gasteiger partial charge is 0.259 e. The molecule has 0 aliphatic rings. The van der Waals surface area contributed by atoms with Gasteiger partial charge < -0.3 is 10.1 Å². The SMILES string of the molecule is O=C(CNc1ccc(Br)cc1)N/N=C\c1ccc(OCc2ccc(Br)cc2)cc1. The van der Waals surface area contributed by atoms with Crippen molar-refractivity contribution in [2.75, 3.05) is 11.9 Å². The van der Waals surface area contributed by atoms with E-state index in [9.17, 15) is 4.79 Å². The second kappa shape index (κ2) is 10.8. The van der Waals surface area contributed by atoms with Crippen LogP contribution in [0.2, 0.25) is 0 Å². The summed E-state index contributed by atoms with van der Waals surface area (Å²) in [6.45, 7) is 0.643. The number of amides is 1. The fourth-order valence-corrected chi connectivity index (χ4v) is 2.89. The van der Waals surface area contributed by atoms with Crippen molar-refractivity contribution in [3.8, 4) is 5.75 Å². The van der Waals surface area contributed by atoms with E-state index < -0.39 is 0 Å². The number of halogens is 2. The molecule has 0 saturated heterocycles. The summed E-state index contributed by atoms with van der Waals surface area (Å²) >= 11 is 6.79. The van der Waals surface area contributed by atoms with Crippen molar-refractivity contribution in [2.45, 2.75) is 6.61 Å². The molecule has 0 saturated carbocycles. The summed E-state index contributed by atoms with van der Waals surface area (Å²) in [5, 5.41) is 7.01. The third-order valence-corrected chi connectivity index (χ3v) is 4.96. The van der Waals surface area contributed by atoms with Gasteiger partial charge in [0.2, 0.25) is 0 Å². The van der Waals surface area contributed by atoms with Crippen molar-refractivity contribution in [1.29, 1.82) is 0 Å². The largest absolute Gasteiger partial charge is 0.489 e. The summed E-state index contributed by atoms with van der Waals surface area (Å²) in [6.07, 6.45) is 1.59. The highest BCUT2D eigenvalue weighted by molar-refractivity contribution is 9.10. The first-order valence-corrected chi connectivity index (χ1v) is 10.5. The molecule has 0 aliphatic heterocycles. The highest BCUT2D eigenvalue weighted by Gasteiger charge is 2.00. The number of nitrogens with one attached hydrogen (secondary N) is 2. The van der Waals surface area contributed by atoms with Gasteiger partial charge in [0.25, 0.3) is 5.91 Å². The van der Waals surface area contributed by atoms with Gasteiger partial charge in [0.05, 0.1) is 12.8 Å².